The Labute approximate surface area is 130 Å². The number of piperidine rings is 1. The van der Waals surface area contributed by atoms with Gasteiger partial charge in [0.15, 0.2) is 0 Å². The summed E-state index contributed by atoms with van der Waals surface area (Å²) >= 11 is 0. The number of hydrogen-bond acceptors (Lipinski definition) is 3. The van der Waals surface area contributed by atoms with Crippen LogP contribution in [-0.2, 0) is 13.1 Å². The summed E-state index contributed by atoms with van der Waals surface area (Å²) in [6, 6.07) is 2.24. The molecule has 2 rings (SSSR count). The second kappa shape index (κ2) is 6.97. The summed E-state index contributed by atoms with van der Waals surface area (Å²) in [6.45, 7) is 15.3. The maximum absolute atomic E-state index is 5.95. The minimum atomic E-state index is 0.145. The van der Waals surface area contributed by atoms with Crippen molar-refractivity contribution in [2.24, 2.45) is 5.92 Å². The molecule has 0 saturated carbocycles. The largest absolute Gasteiger partial charge is 0.465 e. The van der Waals surface area contributed by atoms with E-state index in [-0.39, 0.29) is 5.54 Å². The van der Waals surface area contributed by atoms with Crippen LogP contribution in [0.15, 0.2) is 10.5 Å². The average Bonchev–Trinajstić information content (AvgIpc) is 2.77. The van der Waals surface area contributed by atoms with Gasteiger partial charge in [-0.1, -0.05) is 13.3 Å². The summed E-state index contributed by atoms with van der Waals surface area (Å²) in [6.07, 6.45) is 4.01. The van der Waals surface area contributed by atoms with Gasteiger partial charge >= 0.3 is 0 Å². The lowest BCUT2D eigenvalue weighted by atomic mass is 9.94. The quantitative estimate of drug-likeness (QED) is 0.885. The van der Waals surface area contributed by atoms with Crippen LogP contribution < -0.4 is 5.32 Å². The van der Waals surface area contributed by atoms with Crippen molar-refractivity contribution in [1.82, 2.24) is 10.2 Å². The van der Waals surface area contributed by atoms with Crippen LogP contribution in [0.1, 0.15) is 64.0 Å². The molecule has 3 heteroatoms. The highest BCUT2D eigenvalue weighted by molar-refractivity contribution is 5.21. The molecule has 0 aromatic carbocycles. The molecular formula is C18H32N2O. The predicted molar refractivity (Wildman–Crippen MR) is 88.3 cm³/mol. The average molecular weight is 292 g/mol. The minimum absolute atomic E-state index is 0.145. The fourth-order valence-electron chi connectivity index (χ4n) is 2.97. The minimum Gasteiger partial charge on any atom is -0.465 e. The van der Waals surface area contributed by atoms with E-state index in [1.165, 1.54) is 37.9 Å². The molecule has 1 aliphatic heterocycles. The van der Waals surface area contributed by atoms with Gasteiger partial charge in [-0.25, -0.2) is 0 Å². The number of nitrogens with one attached hydrogen (secondary N) is 1. The van der Waals surface area contributed by atoms with Crippen molar-refractivity contribution in [3.63, 3.8) is 0 Å². The smallest absolute Gasteiger partial charge is 0.118 e. The zero-order valence-electron chi connectivity index (χ0n) is 14.5. The molecule has 0 spiro atoms. The summed E-state index contributed by atoms with van der Waals surface area (Å²) in [7, 11) is 0. The molecule has 1 aliphatic rings. The lowest BCUT2D eigenvalue weighted by Gasteiger charge is -2.30. The highest BCUT2D eigenvalue weighted by Crippen LogP contribution is 2.23. The van der Waals surface area contributed by atoms with E-state index < -0.39 is 0 Å². The maximum Gasteiger partial charge on any atom is 0.118 e. The first-order valence-corrected chi connectivity index (χ1v) is 8.43. The Morgan fingerprint density at radius 3 is 2.52 bits per heavy atom. The molecule has 0 aliphatic carbocycles. The van der Waals surface area contributed by atoms with Gasteiger partial charge in [-0.15, -0.1) is 0 Å². The van der Waals surface area contributed by atoms with E-state index >= 15 is 0 Å². The van der Waals surface area contributed by atoms with Gasteiger partial charge in [0.2, 0.25) is 0 Å². The Balaban J connectivity index is 1.87. The molecule has 1 N–H and O–H groups in total. The van der Waals surface area contributed by atoms with Gasteiger partial charge in [0.05, 0.1) is 6.54 Å². The molecule has 0 bridgehead atoms. The highest BCUT2D eigenvalue weighted by Gasteiger charge is 2.19. The molecule has 1 aromatic heterocycles. The fraction of sp³-hybridized carbons (Fsp3) is 0.778. The first-order valence-electron chi connectivity index (χ1n) is 8.43. The summed E-state index contributed by atoms with van der Waals surface area (Å²) in [4.78, 5) is 2.53. The molecule has 1 aromatic rings. The predicted octanol–water partition coefficient (Wildman–Crippen LogP) is 4.10. The number of likely N-dealkylation sites (tertiary alicyclic amines) is 1. The van der Waals surface area contributed by atoms with Crippen LogP contribution in [0.3, 0.4) is 0 Å². The van der Waals surface area contributed by atoms with Crippen molar-refractivity contribution in [3.05, 3.63) is 23.2 Å². The monoisotopic (exact) mass is 292 g/mol. The first kappa shape index (κ1) is 16.6. The molecule has 0 atom stereocenters. The third-order valence-electron chi connectivity index (χ3n) is 4.54. The Bertz CT molecular complexity index is 437. The Hall–Kier alpha value is -0.800. The third-order valence-corrected chi connectivity index (χ3v) is 4.54. The normalized spacial score (nSPS) is 18.3. The fourth-order valence-corrected chi connectivity index (χ4v) is 2.97. The van der Waals surface area contributed by atoms with Crippen LogP contribution in [0.25, 0.3) is 0 Å². The SMILES string of the molecule is CCC1CCN(Cc2cc(CNC(C)(C)C)c(C)o2)CC1. The second-order valence-corrected chi connectivity index (χ2v) is 7.53. The number of furan rings is 1. The van der Waals surface area contributed by atoms with E-state index in [1.807, 2.05) is 0 Å². The highest BCUT2D eigenvalue weighted by atomic mass is 16.3. The molecule has 3 nitrogen and oxygen atoms in total. The number of rotatable bonds is 5. The van der Waals surface area contributed by atoms with Crippen molar-refractivity contribution < 1.29 is 4.42 Å². The van der Waals surface area contributed by atoms with Crippen molar-refractivity contribution >= 4 is 0 Å². The van der Waals surface area contributed by atoms with Crippen LogP contribution in [0.4, 0.5) is 0 Å². The van der Waals surface area contributed by atoms with Crippen LogP contribution in [-0.4, -0.2) is 23.5 Å². The molecule has 0 radical (unpaired) electrons. The van der Waals surface area contributed by atoms with Crippen LogP contribution in [0, 0.1) is 12.8 Å². The Morgan fingerprint density at radius 2 is 1.95 bits per heavy atom. The summed E-state index contributed by atoms with van der Waals surface area (Å²) in [5.74, 6) is 3.12. The molecule has 120 valence electrons. The van der Waals surface area contributed by atoms with E-state index in [4.69, 9.17) is 4.42 Å². The summed E-state index contributed by atoms with van der Waals surface area (Å²) in [5, 5.41) is 3.54. The Kier molecular flexibility index (Phi) is 5.50. The van der Waals surface area contributed by atoms with E-state index in [2.05, 4.69) is 50.9 Å². The zero-order chi connectivity index (χ0) is 15.5. The lowest BCUT2D eigenvalue weighted by Crippen LogP contribution is -2.35. The van der Waals surface area contributed by atoms with Gasteiger partial charge in [0.25, 0.3) is 0 Å². The summed E-state index contributed by atoms with van der Waals surface area (Å²) in [5.41, 5.74) is 1.44. The number of nitrogens with zero attached hydrogens (tertiary/aromatic N) is 1. The topological polar surface area (TPSA) is 28.4 Å². The molecule has 2 heterocycles. The van der Waals surface area contributed by atoms with Gasteiger partial charge in [-0.2, -0.15) is 0 Å². The van der Waals surface area contributed by atoms with E-state index in [0.717, 1.165) is 30.5 Å². The van der Waals surface area contributed by atoms with E-state index in [9.17, 15) is 0 Å². The molecule has 1 saturated heterocycles. The van der Waals surface area contributed by atoms with Crippen molar-refractivity contribution in [1.29, 1.82) is 0 Å². The van der Waals surface area contributed by atoms with Gasteiger partial charge in [0.1, 0.15) is 11.5 Å². The first-order chi connectivity index (χ1) is 9.87. The van der Waals surface area contributed by atoms with Gasteiger partial charge < -0.3 is 9.73 Å². The van der Waals surface area contributed by atoms with E-state index in [1.54, 1.807) is 0 Å². The van der Waals surface area contributed by atoms with Gasteiger partial charge in [0, 0.05) is 17.6 Å². The standard InChI is InChI=1S/C18H32N2O/c1-6-15-7-9-20(10-8-15)13-17-11-16(14(2)21-17)12-19-18(3,4)5/h11,15,19H,6-10,12-13H2,1-5H3. The van der Waals surface area contributed by atoms with Crippen molar-refractivity contribution in [2.75, 3.05) is 13.1 Å². The number of aryl methyl sites for hydroxylation is 1. The van der Waals surface area contributed by atoms with Crippen molar-refractivity contribution in [3.8, 4) is 0 Å². The van der Waals surface area contributed by atoms with E-state index in [0.29, 0.717) is 0 Å². The van der Waals surface area contributed by atoms with Crippen LogP contribution >= 0.6 is 0 Å². The molecule has 1 fully saturated rings. The third kappa shape index (κ3) is 5.15. The summed E-state index contributed by atoms with van der Waals surface area (Å²) < 4.78 is 5.95. The van der Waals surface area contributed by atoms with Crippen LogP contribution in [0.5, 0.6) is 0 Å². The zero-order valence-corrected chi connectivity index (χ0v) is 14.5. The number of hydrogen-bond donors (Lipinski definition) is 1. The molecule has 21 heavy (non-hydrogen) atoms. The molecular weight excluding hydrogens is 260 g/mol. The lowest BCUT2D eigenvalue weighted by molar-refractivity contribution is 0.164. The van der Waals surface area contributed by atoms with Crippen molar-refractivity contribution in [2.45, 2.75) is 72.5 Å². The second-order valence-electron chi connectivity index (χ2n) is 7.53. The van der Waals surface area contributed by atoms with Gasteiger partial charge in [-0.05, 0) is 65.6 Å². The maximum atomic E-state index is 5.95. The Morgan fingerprint density at radius 1 is 1.29 bits per heavy atom. The molecule has 0 amide bonds. The molecule has 0 unspecified atom stereocenters. The van der Waals surface area contributed by atoms with Gasteiger partial charge in [-0.3, -0.25) is 4.90 Å². The van der Waals surface area contributed by atoms with Crippen LogP contribution in [0.2, 0.25) is 0 Å².